The Hall–Kier alpha value is -3.09. The SMILES string of the molecule is O=C(Nc1ccccc1C(=O)N/N=C\c1c(Cl)cccc1Cl)c1ccco1. The van der Waals surface area contributed by atoms with E-state index in [-0.39, 0.29) is 11.3 Å². The van der Waals surface area contributed by atoms with Crippen molar-refractivity contribution in [1.29, 1.82) is 0 Å². The van der Waals surface area contributed by atoms with Crippen molar-refractivity contribution in [1.82, 2.24) is 5.43 Å². The van der Waals surface area contributed by atoms with E-state index in [0.29, 0.717) is 21.3 Å². The number of halogens is 2. The first-order valence-corrected chi connectivity index (χ1v) is 8.53. The van der Waals surface area contributed by atoms with E-state index in [1.165, 1.54) is 18.5 Å². The number of para-hydroxylation sites is 1. The molecule has 2 amide bonds. The van der Waals surface area contributed by atoms with Gasteiger partial charge in [0.2, 0.25) is 0 Å². The van der Waals surface area contributed by atoms with Crippen LogP contribution in [0.3, 0.4) is 0 Å². The molecule has 0 radical (unpaired) electrons. The van der Waals surface area contributed by atoms with Crippen molar-refractivity contribution in [2.45, 2.75) is 0 Å². The normalized spacial score (nSPS) is 10.7. The molecule has 0 bridgehead atoms. The predicted molar refractivity (Wildman–Crippen MR) is 105 cm³/mol. The third-order valence-electron chi connectivity index (χ3n) is 3.52. The van der Waals surface area contributed by atoms with E-state index in [4.69, 9.17) is 27.6 Å². The first-order chi connectivity index (χ1) is 13.1. The Kier molecular flexibility index (Phi) is 5.90. The highest BCUT2D eigenvalue weighted by atomic mass is 35.5. The number of furan rings is 1. The van der Waals surface area contributed by atoms with Crippen molar-refractivity contribution < 1.29 is 14.0 Å². The molecule has 0 saturated heterocycles. The van der Waals surface area contributed by atoms with Gasteiger partial charge in [0.25, 0.3) is 11.8 Å². The van der Waals surface area contributed by atoms with Gasteiger partial charge >= 0.3 is 0 Å². The molecule has 0 unspecified atom stereocenters. The maximum absolute atomic E-state index is 12.4. The first-order valence-electron chi connectivity index (χ1n) is 7.77. The standard InChI is InChI=1S/C19H13Cl2N3O3/c20-14-6-3-7-15(21)13(14)11-22-24-18(25)12-5-1-2-8-16(12)23-19(26)17-9-4-10-27-17/h1-11H,(H,23,26)(H,24,25)/b22-11-. The molecule has 27 heavy (non-hydrogen) atoms. The summed E-state index contributed by atoms with van der Waals surface area (Å²) < 4.78 is 5.04. The molecular formula is C19H13Cl2N3O3. The summed E-state index contributed by atoms with van der Waals surface area (Å²) in [6, 6.07) is 14.7. The molecule has 136 valence electrons. The fourth-order valence-electron chi connectivity index (χ4n) is 2.23. The predicted octanol–water partition coefficient (Wildman–Crippen LogP) is 4.60. The van der Waals surface area contributed by atoms with Crippen LogP contribution in [0.15, 0.2) is 70.4 Å². The van der Waals surface area contributed by atoms with Gasteiger partial charge in [0.1, 0.15) is 0 Å². The lowest BCUT2D eigenvalue weighted by molar-refractivity contribution is 0.0956. The summed E-state index contributed by atoms with van der Waals surface area (Å²) in [5.41, 5.74) is 3.43. The summed E-state index contributed by atoms with van der Waals surface area (Å²) in [7, 11) is 0. The van der Waals surface area contributed by atoms with Gasteiger partial charge < -0.3 is 9.73 Å². The third kappa shape index (κ3) is 4.55. The van der Waals surface area contributed by atoms with Gasteiger partial charge in [0, 0.05) is 5.56 Å². The molecule has 0 fully saturated rings. The monoisotopic (exact) mass is 401 g/mol. The van der Waals surface area contributed by atoms with E-state index in [1.807, 2.05) is 0 Å². The summed E-state index contributed by atoms with van der Waals surface area (Å²) >= 11 is 12.1. The maximum Gasteiger partial charge on any atom is 0.291 e. The van der Waals surface area contributed by atoms with Gasteiger partial charge in [0.15, 0.2) is 5.76 Å². The number of hydrazone groups is 1. The number of anilines is 1. The van der Waals surface area contributed by atoms with Crippen LogP contribution in [0.4, 0.5) is 5.69 Å². The number of benzene rings is 2. The Balaban J connectivity index is 1.74. The zero-order chi connectivity index (χ0) is 19.2. The smallest absolute Gasteiger partial charge is 0.291 e. The molecule has 6 nitrogen and oxygen atoms in total. The van der Waals surface area contributed by atoms with Crippen molar-refractivity contribution >= 4 is 46.9 Å². The number of rotatable bonds is 5. The highest BCUT2D eigenvalue weighted by Gasteiger charge is 2.15. The molecule has 2 N–H and O–H groups in total. The van der Waals surface area contributed by atoms with E-state index in [1.54, 1.807) is 48.5 Å². The van der Waals surface area contributed by atoms with Crippen molar-refractivity contribution in [3.63, 3.8) is 0 Å². The Morgan fingerprint density at radius 1 is 0.926 bits per heavy atom. The van der Waals surface area contributed by atoms with E-state index in [0.717, 1.165) is 0 Å². The molecule has 0 spiro atoms. The molecule has 1 heterocycles. The Labute approximate surface area is 164 Å². The quantitative estimate of drug-likeness (QED) is 0.483. The fraction of sp³-hybridized carbons (Fsp3) is 0. The van der Waals surface area contributed by atoms with E-state index in [2.05, 4.69) is 15.8 Å². The molecular weight excluding hydrogens is 389 g/mol. The summed E-state index contributed by atoms with van der Waals surface area (Å²) in [6.07, 6.45) is 2.74. The topological polar surface area (TPSA) is 83.7 Å². The maximum atomic E-state index is 12.4. The number of amides is 2. The number of nitrogens with zero attached hydrogens (tertiary/aromatic N) is 1. The van der Waals surface area contributed by atoms with Crippen molar-refractivity contribution in [2.75, 3.05) is 5.32 Å². The van der Waals surface area contributed by atoms with Gasteiger partial charge in [0.05, 0.1) is 33.8 Å². The minimum atomic E-state index is -0.509. The highest BCUT2D eigenvalue weighted by Crippen LogP contribution is 2.22. The van der Waals surface area contributed by atoms with Gasteiger partial charge in [-0.15, -0.1) is 0 Å². The average Bonchev–Trinajstić information content (AvgIpc) is 3.19. The van der Waals surface area contributed by atoms with Gasteiger partial charge in [-0.25, -0.2) is 5.43 Å². The van der Waals surface area contributed by atoms with E-state index in [9.17, 15) is 9.59 Å². The van der Waals surface area contributed by atoms with Crippen molar-refractivity contribution in [2.24, 2.45) is 5.10 Å². The van der Waals surface area contributed by atoms with Crippen molar-refractivity contribution in [3.05, 3.63) is 87.8 Å². The molecule has 3 aromatic rings. The molecule has 0 aliphatic carbocycles. The Bertz CT molecular complexity index is 981. The lowest BCUT2D eigenvalue weighted by atomic mass is 10.1. The number of carbonyl (C=O) groups is 2. The number of hydrogen-bond donors (Lipinski definition) is 2. The summed E-state index contributed by atoms with van der Waals surface area (Å²) in [6.45, 7) is 0. The second kappa shape index (κ2) is 8.53. The van der Waals surface area contributed by atoms with Gasteiger partial charge in [-0.2, -0.15) is 5.10 Å². The van der Waals surface area contributed by atoms with Crippen LogP contribution < -0.4 is 10.7 Å². The Morgan fingerprint density at radius 2 is 1.67 bits per heavy atom. The van der Waals surface area contributed by atoms with Crippen LogP contribution in [0, 0.1) is 0 Å². The van der Waals surface area contributed by atoms with Crippen LogP contribution in [-0.2, 0) is 0 Å². The van der Waals surface area contributed by atoms with Gasteiger partial charge in [-0.1, -0.05) is 41.4 Å². The second-order valence-electron chi connectivity index (χ2n) is 5.31. The van der Waals surface area contributed by atoms with Crippen LogP contribution in [0.1, 0.15) is 26.5 Å². The lowest BCUT2D eigenvalue weighted by Gasteiger charge is -2.09. The number of hydrogen-bond acceptors (Lipinski definition) is 4. The van der Waals surface area contributed by atoms with Crippen molar-refractivity contribution in [3.8, 4) is 0 Å². The zero-order valence-electron chi connectivity index (χ0n) is 13.8. The van der Waals surface area contributed by atoms with E-state index < -0.39 is 11.8 Å². The molecule has 2 aromatic carbocycles. The number of carbonyl (C=O) groups excluding carboxylic acids is 2. The summed E-state index contributed by atoms with van der Waals surface area (Å²) in [5, 5.41) is 7.34. The van der Waals surface area contributed by atoms with E-state index >= 15 is 0 Å². The average molecular weight is 402 g/mol. The molecule has 0 aliphatic rings. The lowest BCUT2D eigenvalue weighted by Crippen LogP contribution is -2.21. The summed E-state index contributed by atoms with van der Waals surface area (Å²) in [4.78, 5) is 24.6. The van der Waals surface area contributed by atoms with Crippen LogP contribution in [0.2, 0.25) is 10.0 Å². The van der Waals surface area contributed by atoms with Gasteiger partial charge in [-0.3, -0.25) is 9.59 Å². The highest BCUT2D eigenvalue weighted by molar-refractivity contribution is 6.38. The minimum Gasteiger partial charge on any atom is -0.459 e. The first kappa shape index (κ1) is 18.7. The molecule has 1 aromatic heterocycles. The minimum absolute atomic E-state index is 0.136. The van der Waals surface area contributed by atoms with Crippen LogP contribution in [0.25, 0.3) is 0 Å². The fourth-order valence-corrected chi connectivity index (χ4v) is 2.73. The van der Waals surface area contributed by atoms with Crippen LogP contribution in [0.5, 0.6) is 0 Å². The zero-order valence-corrected chi connectivity index (χ0v) is 15.3. The van der Waals surface area contributed by atoms with Crippen LogP contribution >= 0.6 is 23.2 Å². The largest absolute Gasteiger partial charge is 0.459 e. The van der Waals surface area contributed by atoms with Crippen LogP contribution in [-0.4, -0.2) is 18.0 Å². The Morgan fingerprint density at radius 3 is 2.37 bits per heavy atom. The molecule has 8 heteroatoms. The molecule has 0 atom stereocenters. The van der Waals surface area contributed by atoms with Gasteiger partial charge in [-0.05, 0) is 36.4 Å². The number of nitrogens with one attached hydrogen (secondary N) is 2. The molecule has 0 saturated carbocycles. The third-order valence-corrected chi connectivity index (χ3v) is 4.18. The molecule has 3 rings (SSSR count). The second-order valence-corrected chi connectivity index (χ2v) is 6.13. The summed E-state index contributed by atoms with van der Waals surface area (Å²) in [5.74, 6) is -0.840. The molecule has 0 aliphatic heterocycles.